The molecule has 5 heteroatoms. The van der Waals surface area contributed by atoms with Crippen LogP contribution in [0.5, 0.6) is 0 Å². The van der Waals surface area contributed by atoms with E-state index in [1.54, 1.807) is 7.11 Å². The zero-order valence-corrected chi connectivity index (χ0v) is 13.9. The second kappa shape index (κ2) is 14.6. The molecule has 5 nitrogen and oxygen atoms in total. The minimum absolute atomic E-state index is 0.833. The summed E-state index contributed by atoms with van der Waals surface area (Å²) in [6, 6.07) is 0. The van der Waals surface area contributed by atoms with Crippen LogP contribution in [0.2, 0.25) is 0 Å². The van der Waals surface area contributed by atoms with E-state index in [1.807, 2.05) is 0 Å². The van der Waals surface area contributed by atoms with Gasteiger partial charge in [-0.15, -0.1) is 0 Å². The molecule has 0 saturated heterocycles. The van der Waals surface area contributed by atoms with Gasteiger partial charge in [-0.1, -0.05) is 19.8 Å². The van der Waals surface area contributed by atoms with Crippen molar-refractivity contribution >= 4 is 5.96 Å². The SMILES string of the molecule is CCCCCN=C(NCC)NCCN(C)CCCOC. The minimum Gasteiger partial charge on any atom is -0.385 e. The molecule has 0 spiro atoms. The lowest BCUT2D eigenvalue weighted by Gasteiger charge is -2.18. The maximum atomic E-state index is 5.06. The molecule has 0 amide bonds. The molecule has 20 heavy (non-hydrogen) atoms. The number of ether oxygens (including phenoxy) is 1. The van der Waals surface area contributed by atoms with Crippen LogP contribution in [-0.2, 0) is 4.74 Å². The van der Waals surface area contributed by atoms with E-state index in [2.05, 4.69) is 41.4 Å². The van der Waals surface area contributed by atoms with Crippen LogP contribution in [0.4, 0.5) is 0 Å². The molecule has 0 aliphatic rings. The van der Waals surface area contributed by atoms with Gasteiger partial charge in [0.15, 0.2) is 5.96 Å². The van der Waals surface area contributed by atoms with Gasteiger partial charge in [0.1, 0.15) is 0 Å². The molecule has 0 rings (SSSR count). The smallest absolute Gasteiger partial charge is 0.191 e. The van der Waals surface area contributed by atoms with Crippen molar-refractivity contribution < 1.29 is 4.74 Å². The summed E-state index contributed by atoms with van der Waals surface area (Å²) in [5.74, 6) is 0.939. The molecular formula is C15H34N4O. The van der Waals surface area contributed by atoms with Crippen LogP contribution in [-0.4, -0.2) is 64.3 Å². The summed E-state index contributed by atoms with van der Waals surface area (Å²) in [6.45, 7) is 9.97. The first-order chi connectivity index (χ1) is 9.74. The number of likely N-dealkylation sites (N-methyl/N-ethyl adjacent to an activating group) is 1. The van der Waals surface area contributed by atoms with Gasteiger partial charge in [-0.05, 0) is 26.8 Å². The molecular weight excluding hydrogens is 252 g/mol. The van der Waals surface area contributed by atoms with Crippen molar-refractivity contribution in [1.29, 1.82) is 0 Å². The molecule has 0 atom stereocenters. The summed E-state index contributed by atoms with van der Waals surface area (Å²) in [4.78, 5) is 6.89. The highest BCUT2D eigenvalue weighted by molar-refractivity contribution is 5.79. The molecule has 0 heterocycles. The first kappa shape index (κ1) is 19.2. The molecule has 0 bridgehead atoms. The third kappa shape index (κ3) is 12.2. The maximum absolute atomic E-state index is 5.06. The van der Waals surface area contributed by atoms with Gasteiger partial charge in [0, 0.05) is 46.4 Å². The third-order valence-electron chi connectivity index (χ3n) is 3.05. The predicted octanol–water partition coefficient (Wildman–Crippen LogP) is 1.70. The second-order valence-electron chi connectivity index (χ2n) is 5.04. The van der Waals surface area contributed by atoms with E-state index >= 15 is 0 Å². The Balaban J connectivity index is 3.78. The molecule has 0 aromatic rings. The predicted molar refractivity (Wildman–Crippen MR) is 87.5 cm³/mol. The Kier molecular flexibility index (Phi) is 14.0. The average molecular weight is 286 g/mol. The van der Waals surface area contributed by atoms with E-state index in [-0.39, 0.29) is 0 Å². The summed E-state index contributed by atoms with van der Waals surface area (Å²) < 4.78 is 5.06. The molecule has 0 aliphatic heterocycles. The molecule has 2 N–H and O–H groups in total. The van der Waals surface area contributed by atoms with Crippen molar-refractivity contribution in [1.82, 2.24) is 15.5 Å². The fourth-order valence-corrected chi connectivity index (χ4v) is 1.85. The highest BCUT2D eigenvalue weighted by Gasteiger charge is 2.00. The standard InChI is InChI=1S/C15H34N4O/c1-5-7-8-10-17-15(16-6-2)18-11-13-19(3)12-9-14-20-4/h5-14H2,1-4H3,(H2,16,17,18). The normalized spacial score (nSPS) is 11.9. The van der Waals surface area contributed by atoms with Crippen LogP contribution in [0.1, 0.15) is 39.5 Å². The van der Waals surface area contributed by atoms with Crippen molar-refractivity contribution in [2.45, 2.75) is 39.5 Å². The Morgan fingerprint density at radius 3 is 2.55 bits per heavy atom. The number of aliphatic imine (C=N–C) groups is 1. The number of nitrogens with zero attached hydrogens (tertiary/aromatic N) is 2. The molecule has 0 radical (unpaired) electrons. The number of guanidine groups is 1. The number of methoxy groups -OCH3 is 1. The molecule has 120 valence electrons. The number of unbranched alkanes of at least 4 members (excludes halogenated alkanes) is 2. The molecule has 0 fully saturated rings. The van der Waals surface area contributed by atoms with Gasteiger partial charge < -0.3 is 20.3 Å². The largest absolute Gasteiger partial charge is 0.385 e. The maximum Gasteiger partial charge on any atom is 0.191 e. The Hall–Kier alpha value is -0.810. The van der Waals surface area contributed by atoms with Gasteiger partial charge in [0.05, 0.1) is 0 Å². The van der Waals surface area contributed by atoms with E-state index in [4.69, 9.17) is 4.74 Å². The zero-order chi connectivity index (χ0) is 15.1. The van der Waals surface area contributed by atoms with Gasteiger partial charge in [-0.3, -0.25) is 4.99 Å². The Morgan fingerprint density at radius 2 is 1.90 bits per heavy atom. The van der Waals surface area contributed by atoms with E-state index in [1.165, 1.54) is 19.3 Å². The van der Waals surface area contributed by atoms with E-state index in [0.29, 0.717) is 0 Å². The van der Waals surface area contributed by atoms with Gasteiger partial charge in [0.25, 0.3) is 0 Å². The fourth-order valence-electron chi connectivity index (χ4n) is 1.85. The summed E-state index contributed by atoms with van der Waals surface area (Å²) in [5.41, 5.74) is 0. The zero-order valence-electron chi connectivity index (χ0n) is 13.9. The van der Waals surface area contributed by atoms with Crippen LogP contribution in [0.3, 0.4) is 0 Å². The summed E-state index contributed by atoms with van der Waals surface area (Å²) in [5, 5.41) is 6.67. The number of hydrogen-bond donors (Lipinski definition) is 2. The number of rotatable bonds is 12. The monoisotopic (exact) mass is 286 g/mol. The lowest BCUT2D eigenvalue weighted by Crippen LogP contribution is -2.41. The van der Waals surface area contributed by atoms with Crippen molar-refractivity contribution in [2.24, 2.45) is 4.99 Å². The minimum atomic E-state index is 0.833. The van der Waals surface area contributed by atoms with Crippen molar-refractivity contribution in [3.63, 3.8) is 0 Å². The van der Waals surface area contributed by atoms with Crippen molar-refractivity contribution in [3.8, 4) is 0 Å². The Morgan fingerprint density at radius 1 is 1.10 bits per heavy atom. The van der Waals surface area contributed by atoms with Gasteiger partial charge >= 0.3 is 0 Å². The molecule has 0 aliphatic carbocycles. The molecule has 0 aromatic heterocycles. The van der Waals surface area contributed by atoms with E-state index < -0.39 is 0 Å². The highest BCUT2D eigenvalue weighted by Crippen LogP contribution is 1.93. The summed E-state index contributed by atoms with van der Waals surface area (Å²) in [7, 11) is 3.89. The highest BCUT2D eigenvalue weighted by atomic mass is 16.5. The van der Waals surface area contributed by atoms with Gasteiger partial charge in [-0.2, -0.15) is 0 Å². The van der Waals surface area contributed by atoms with E-state index in [9.17, 15) is 0 Å². The molecule has 0 aromatic carbocycles. The average Bonchev–Trinajstić information content (AvgIpc) is 2.44. The fraction of sp³-hybridized carbons (Fsp3) is 0.933. The first-order valence-electron chi connectivity index (χ1n) is 7.94. The molecule has 0 saturated carbocycles. The van der Waals surface area contributed by atoms with Crippen molar-refractivity contribution in [2.75, 3.05) is 53.5 Å². The quantitative estimate of drug-likeness (QED) is 0.326. The first-order valence-corrected chi connectivity index (χ1v) is 7.94. The lowest BCUT2D eigenvalue weighted by molar-refractivity contribution is 0.180. The van der Waals surface area contributed by atoms with Crippen LogP contribution < -0.4 is 10.6 Å². The number of nitrogens with one attached hydrogen (secondary N) is 2. The number of hydrogen-bond acceptors (Lipinski definition) is 3. The lowest BCUT2D eigenvalue weighted by atomic mass is 10.2. The summed E-state index contributed by atoms with van der Waals surface area (Å²) >= 11 is 0. The van der Waals surface area contributed by atoms with Crippen LogP contribution >= 0.6 is 0 Å². The third-order valence-corrected chi connectivity index (χ3v) is 3.05. The topological polar surface area (TPSA) is 48.9 Å². The second-order valence-corrected chi connectivity index (χ2v) is 5.04. The Bertz CT molecular complexity index is 234. The Labute approximate surface area is 125 Å². The van der Waals surface area contributed by atoms with Crippen LogP contribution in [0, 0.1) is 0 Å². The van der Waals surface area contributed by atoms with Crippen LogP contribution in [0.25, 0.3) is 0 Å². The van der Waals surface area contributed by atoms with Crippen LogP contribution in [0.15, 0.2) is 4.99 Å². The van der Waals surface area contributed by atoms with Crippen molar-refractivity contribution in [3.05, 3.63) is 0 Å². The summed E-state index contributed by atoms with van der Waals surface area (Å²) in [6.07, 6.45) is 4.75. The van der Waals surface area contributed by atoms with Gasteiger partial charge in [-0.25, -0.2) is 0 Å². The van der Waals surface area contributed by atoms with Gasteiger partial charge in [0.2, 0.25) is 0 Å². The van der Waals surface area contributed by atoms with E-state index in [0.717, 1.165) is 51.7 Å². The molecule has 0 unspecified atom stereocenters.